The Morgan fingerprint density at radius 2 is 1.84 bits per heavy atom. The van der Waals surface area contributed by atoms with Crippen LogP contribution in [0, 0.1) is 10.1 Å². The molecule has 0 spiro atoms. The van der Waals surface area contributed by atoms with Crippen LogP contribution in [-0.2, 0) is 6.42 Å². The van der Waals surface area contributed by atoms with Gasteiger partial charge in [0, 0.05) is 35.7 Å². The number of nitrogens with zero attached hydrogens (tertiary/aromatic N) is 2. The Balaban J connectivity index is 1.58. The summed E-state index contributed by atoms with van der Waals surface area (Å²) in [6.45, 7) is 0.561. The molecule has 1 fully saturated rings. The van der Waals surface area contributed by atoms with Gasteiger partial charge in [0.2, 0.25) is 0 Å². The van der Waals surface area contributed by atoms with Gasteiger partial charge >= 0.3 is 0 Å². The fraction of sp³-hybridized carbons (Fsp3) is 0.278. The second kappa shape index (κ2) is 6.72. The summed E-state index contributed by atoms with van der Waals surface area (Å²) in [6, 6.07) is 12.5. The van der Waals surface area contributed by atoms with Crippen LogP contribution in [0.1, 0.15) is 26.1 Å². The van der Waals surface area contributed by atoms with Gasteiger partial charge in [0.1, 0.15) is 0 Å². The second-order valence-electron chi connectivity index (χ2n) is 5.97. The highest BCUT2D eigenvalue weighted by Gasteiger charge is 2.28. The van der Waals surface area contributed by atoms with Gasteiger partial charge in [-0.25, -0.2) is 0 Å². The van der Waals surface area contributed by atoms with Crippen molar-refractivity contribution < 1.29 is 9.72 Å². The number of nitro benzene ring substituents is 1. The van der Waals surface area contributed by atoms with Crippen LogP contribution in [0.5, 0.6) is 0 Å². The molecule has 2 heterocycles. The molecule has 7 heteroatoms. The highest BCUT2D eigenvalue weighted by molar-refractivity contribution is 8.19. The minimum Gasteiger partial charge on any atom is -0.308 e. The van der Waals surface area contributed by atoms with E-state index in [4.69, 9.17) is 0 Å². The summed E-state index contributed by atoms with van der Waals surface area (Å²) < 4.78 is 0.458. The molecule has 5 nitrogen and oxygen atoms in total. The minimum absolute atomic E-state index is 0.0177. The molecule has 0 saturated carbocycles. The van der Waals surface area contributed by atoms with Crippen molar-refractivity contribution in [2.24, 2.45) is 0 Å². The fourth-order valence-corrected chi connectivity index (χ4v) is 6.04. The smallest absolute Gasteiger partial charge is 0.271 e. The maximum Gasteiger partial charge on any atom is 0.271 e. The van der Waals surface area contributed by atoms with Crippen LogP contribution in [-0.4, -0.2) is 28.9 Å². The zero-order chi connectivity index (χ0) is 17.4. The third-order valence-electron chi connectivity index (χ3n) is 4.47. The van der Waals surface area contributed by atoms with Crippen molar-refractivity contribution in [2.45, 2.75) is 11.0 Å². The molecule has 0 N–H and O–H groups in total. The monoisotopic (exact) mass is 372 g/mol. The lowest BCUT2D eigenvalue weighted by Crippen LogP contribution is -2.28. The Kier molecular flexibility index (Phi) is 4.43. The molecule has 2 aromatic rings. The minimum atomic E-state index is -0.424. The number of benzene rings is 2. The van der Waals surface area contributed by atoms with Crippen LogP contribution in [0.3, 0.4) is 0 Å². The van der Waals surface area contributed by atoms with Gasteiger partial charge in [-0.3, -0.25) is 14.9 Å². The Morgan fingerprint density at radius 1 is 1.12 bits per heavy atom. The molecule has 4 rings (SSSR count). The van der Waals surface area contributed by atoms with Gasteiger partial charge in [0.25, 0.3) is 11.6 Å². The van der Waals surface area contributed by atoms with E-state index in [-0.39, 0.29) is 11.6 Å². The quantitative estimate of drug-likeness (QED) is 0.594. The third kappa shape index (κ3) is 3.14. The van der Waals surface area contributed by atoms with Crippen LogP contribution < -0.4 is 4.90 Å². The highest BCUT2D eigenvalue weighted by atomic mass is 32.2. The number of non-ortho nitro benzene ring substituents is 1. The number of fused-ring (bicyclic) bond motifs is 1. The van der Waals surface area contributed by atoms with Crippen molar-refractivity contribution in [3.8, 4) is 0 Å². The van der Waals surface area contributed by atoms with Crippen molar-refractivity contribution in [3.05, 3.63) is 69.3 Å². The summed E-state index contributed by atoms with van der Waals surface area (Å²) in [7, 11) is 0. The lowest BCUT2D eigenvalue weighted by molar-refractivity contribution is -0.384. The Hall–Kier alpha value is -1.99. The molecule has 0 aromatic heterocycles. The van der Waals surface area contributed by atoms with Gasteiger partial charge in [-0.1, -0.05) is 18.2 Å². The number of nitro groups is 1. The van der Waals surface area contributed by atoms with E-state index >= 15 is 0 Å². The van der Waals surface area contributed by atoms with Gasteiger partial charge in [0.05, 0.1) is 15.2 Å². The van der Waals surface area contributed by atoms with Crippen LogP contribution >= 0.6 is 23.5 Å². The molecule has 2 aliphatic heterocycles. The molecule has 25 heavy (non-hydrogen) atoms. The topological polar surface area (TPSA) is 63.5 Å². The number of rotatable bonds is 3. The van der Waals surface area contributed by atoms with Crippen LogP contribution in [0.2, 0.25) is 0 Å². The van der Waals surface area contributed by atoms with E-state index in [0.29, 0.717) is 22.4 Å². The van der Waals surface area contributed by atoms with E-state index < -0.39 is 4.92 Å². The van der Waals surface area contributed by atoms with E-state index in [1.165, 1.54) is 29.2 Å². The largest absolute Gasteiger partial charge is 0.308 e. The third-order valence-corrected chi connectivity index (χ3v) is 7.58. The molecule has 0 radical (unpaired) electrons. The zero-order valence-corrected chi connectivity index (χ0v) is 15.0. The first-order chi connectivity index (χ1) is 12.1. The molecule has 0 atom stereocenters. The number of hydrogen-bond acceptors (Lipinski definition) is 5. The molecule has 1 saturated heterocycles. The van der Waals surface area contributed by atoms with Gasteiger partial charge < -0.3 is 4.90 Å². The van der Waals surface area contributed by atoms with Crippen LogP contribution in [0.25, 0.3) is 0 Å². The van der Waals surface area contributed by atoms with Crippen molar-refractivity contribution in [2.75, 3.05) is 23.0 Å². The van der Waals surface area contributed by atoms with Gasteiger partial charge in [-0.15, -0.1) is 23.5 Å². The number of carbonyl (C=O) groups is 1. The van der Waals surface area contributed by atoms with Crippen LogP contribution in [0.4, 0.5) is 11.4 Å². The first kappa shape index (κ1) is 16.5. The lowest BCUT2D eigenvalue weighted by atomic mass is 10.1. The maximum atomic E-state index is 12.9. The fourth-order valence-electron chi connectivity index (χ4n) is 3.18. The maximum absolute atomic E-state index is 12.9. The summed E-state index contributed by atoms with van der Waals surface area (Å²) >= 11 is 3.87. The molecular formula is C18H16N2O3S2. The first-order valence-corrected chi connectivity index (χ1v) is 10.2. The predicted octanol–water partition coefficient (Wildman–Crippen LogP) is 4.28. The lowest BCUT2D eigenvalue weighted by Gasteiger charge is -2.18. The van der Waals surface area contributed by atoms with Crippen molar-refractivity contribution in [3.63, 3.8) is 0 Å². The average Bonchev–Trinajstić information content (AvgIpc) is 3.30. The summed E-state index contributed by atoms with van der Waals surface area (Å²) in [5, 5.41) is 11.0. The van der Waals surface area contributed by atoms with Crippen LogP contribution in [0.15, 0.2) is 42.5 Å². The standard InChI is InChI=1S/C18H16N2O3S2/c21-17(13-1-3-14(4-2-13)18-24-9-10-25-18)19-8-7-12-5-6-15(20(22)23)11-16(12)19/h1-6,11,18H,7-10H2. The average molecular weight is 372 g/mol. The second-order valence-corrected chi connectivity index (χ2v) is 8.70. The van der Waals surface area contributed by atoms with E-state index in [2.05, 4.69) is 0 Å². The first-order valence-electron chi connectivity index (χ1n) is 8.06. The molecule has 0 unspecified atom stereocenters. The summed E-state index contributed by atoms with van der Waals surface area (Å²) in [5.74, 6) is 2.23. The zero-order valence-electron chi connectivity index (χ0n) is 13.4. The van der Waals surface area contributed by atoms with Gasteiger partial charge in [0.15, 0.2) is 0 Å². The number of carbonyl (C=O) groups excluding carboxylic acids is 1. The molecule has 2 aromatic carbocycles. The normalized spacial score (nSPS) is 16.9. The SMILES string of the molecule is O=C(c1ccc(C2SCCS2)cc1)N1CCc2ccc([N+](=O)[O-])cc21. The van der Waals surface area contributed by atoms with Crippen molar-refractivity contribution in [1.82, 2.24) is 0 Å². The number of thioether (sulfide) groups is 2. The summed E-state index contributed by atoms with van der Waals surface area (Å²) in [5.41, 5.74) is 3.52. The predicted molar refractivity (Wildman–Crippen MR) is 103 cm³/mol. The van der Waals surface area contributed by atoms with Crippen molar-refractivity contribution in [1.29, 1.82) is 0 Å². The molecule has 128 valence electrons. The Morgan fingerprint density at radius 3 is 2.52 bits per heavy atom. The Bertz CT molecular complexity index is 833. The van der Waals surface area contributed by atoms with Gasteiger partial charge in [-0.2, -0.15) is 0 Å². The number of hydrogen-bond donors (Lipinski definition) is 0. The van der Waals surface area contributed by atoms with Crippen molar-refractivity contribution >= 4 is 40.8 Å². The van der Waals surface area contributed by atoms with E-state index in [9.17, 15) is 14.9 Å². The highest BCUT2D eigenvalue weighted by Crippen LogP contribution is 2.45. The summed E-state index contributed by atoms with van der Waals surface area (Å²) in [6.07, 6.45) is 0.729. The Labute approximate surface area is 153 Å². The van der Waals surface area contributed by atoms with E-state index in [0.717, 1.165) is 12.0 Å². The molecule has 1 amide bonds. The molecular weight excluding hydrogens is 356 g/mol. The van der Waals surface area contributed by atoms with E-state index in [1.54, 1.807) is 11.0 Å². The van der Waals surface area contributed by atoms with E-state index in [1.807, 2.05) is 47.8 Å². The molecule has 0 aliphatic carbocycles. The molecule has 0 bridgehead atoms. The van der Waals surface area contributed by atoms with Gasteiger partial charge in [-0.05, 0) is 29.7 Å². The molecule has 2 aliphatic rings. The number of amides is 1. The number of anilines is 1. The summed E-state index contributed by atoms with van der Waals surface area (Å²) in [4.78, 5) is 25.1.